The number of hydrogen-bond acceptors (Lipinski definition) is 3. The van der Waals surface area contributed by atoms with Crippen molar-refractivity contribution in [1.29, 1.82) is 0 Å². The van der Waals surface area contributed by atoms with E-state index in [4.69, 9.17) is 5.11 Å². The van der Waals surface area contributed by atoms with Crippen molar-refractivity contribution in [2.75, 3.05) is 0 Å². The molecule has 0 saturated carbocycles. The number of carboxylic acid groups (broad SMARTS) is 1. The minimum atomic E-state index is -4.54. The number of rotatable bonds is 5. The van der Waals surface area contributed by atoms with Crippen LogP contribution in [-0.2, 0) is 23.2 Å². The molecule has 0 radical (unpaired) electrons. The number of carboxylic acids is 1. The Hall–Kier alpha value is -2.33. The van der Waals surface area contributed by atoms with Crippen LogP contribution in [0.5, 0.6) is 0 Å². The molecule has 0 aliphatic heterocycles. The number of carbonyl (C=O) groups is 1. The summed E-state index contributed by atoms with van der Waals surface area (Å²) in [6.07, 6.45) is -3.42. The van der Waals surface area contributed by atoms with Crippen LogP contribution in [0.25, 0.3) is 0 Å². The van der Waals surface area contributed by atoms with Crippen molar-refractivity contribution in [1.82, 2.24) is 9.29 Å². The number of aromatic carboxylic acids is 1. The van der Waals surface area contributed by atoms with Crippen molar-refractivity contribution in [2.45, 2.75) is 24.0 Å². The third-order valence-corrected chi connectivity index (χ3v) is 5.06. The maximum absolute atomic E-state index is 12.8. The first-order valence-corrected chi connectivity index (χ1v) is 8.49. The average molecular weight is 376 g/mol. The average Bonchev–Trinajstić information content (AvgIpc) is 2.89. The molecule has 2 N–H and O–H groups in total. The molecule has 2 rings (SSSR count). The molecule has 1 aromatic carbocycles. The van der Waals surface area contributed by atoms with Crippen LogP contribution >= 0.6 is 0 Å². The Morgan fingerprint density at radius 3 is 2.44 bits per heavy atom. The van der Waals surface area contributed by atoms with Gasteiger partial charge in [0.25, 0.3) is 0 Å². The van der Waals surface area contributed by atoms with Gasteiger partial charge in [0.05, 0.1) is 5.56 Å². The number of nitrogens with zero attached hydrogens (tertiary/aromatic N) is 1. The van der Waals surface area contributed by atoms with Gasteiger partial charge in [-0.05, 0) is 30.7 Å². The number of aryl methyl sites for hydroxylation is 1. The van der Waals surface area contributed by atoms with Gasteiger partial charge in [0, 0.05) is 19.3 Å². The van der Waals surface area contributed by atoms with Crippen molar-refractivity contribution in [3.63, 3.8) is 0 Å². The summed E-state index contributed by atoms with van der Waals surface area (Å²) >= 11 is 0. The highest BCUT2D eigenvalue weighted by atomic mass is 32.2. The lowest BCUT2D eigenvalue weighted by atomic mass is 10.1. The zero-order chi connectivity index (χ0) is 19.0. The number of nitrogens with one attached hydrogen (secondary N) is 1. The highest BCUT2D eigenvalue weighted by molar-refractivity contribution is 7.89. The molecule has 0 spiro atoms. The number of halogens is 3. The molecule has 25 heavy (non-hydrogen) atoms. The van der Waals surface area contributed by atoms with Crippen molar-refractivity contribution in [3.8, 4) is 0 Å². The molecular weight excluding hydrogens is 361 g/mol. The van der Waals surface area contributed by atoms with E-state index in [9.17, 15) is 26.4 Å². The molecule has 0 fully saturated rings. The zero-order valence-corrected chi connectivity index (χ0v) is 14.0. The Morgan fingerprint density at radius 1 is 1.28 bits per heavy atom. The molecule has 0 aliphatic carbocycles. The van der Waals surface area contributed by atoms with Gasteiger partial charge in [-0.1, -0.05) is 12.1 Å². The highest BCUT2D eigenvalue weighted by Gasteiger charge is 2.31. The molecule has 2 aromatic rings. The lowest BCUT2D eigenvalue weighted by Crippen LogP contribution is -2.26. The summed E-state index contributed by atoms with van der Waals surface area (Å²) in [6, 6.07) is 4.34. The second kappa shape index (κ2) is 6.52. The van der Waals surface area contributed by atoms with E-state index >= 15 is 0 Å². The van der Waals surface area contributed by atoms with Crippen molar-refractivity contribution >= 4 is 16.0 Å². The van der Waals surface area contributed by atoms with Crippen LogP contribution in [0.15, 0.2) is 41.4 Å². The Morgan fingerprint density at radius 2 is 1.92 bits per heavy atom. The van der Waals surface area contributed by atoms with Gasteiger partial charge >= 0.3 is 12.1 Å². The van der Waals surface area contributed by atoms with Crippen LogP contribution in [0, 0.1) is 0 Å². The largest absolute Gasteiger partial charge is 0.477 e. The SMILES string of the molecule is CC(NS(=O)(=O)c1cc(C(=O)O)n(C)c1)c1cccc(C(F)(F)F)c1. The lowest BCUT2D eigenvalue weighted by molar-refractivity contribution is -0.137. The molecule has 1 aromatic heterocycles. The first kappa shape index (κ1) is 19.0. The lowest BCUT2D eigenvalue weighted by Gasteiger charge is -2.16. The predicted octanol–water partition coefficient (Wildman–Crippen LogP) is 2.78. The number of hydrogen-bond donors (Lipinski definition) is 2. The van der Waals surface area contributed by atoms with Crippen molar-refractivity contribution in [2.24, 2.45) is 7.05 Å². The summed E-state index contributed by atoms with van der Waals surface area (Å²) in [5, 5.41) is 8.97. The fourth-order valence-corrected chi connectivity index (χ4v) is 3.55. The molecule has 1 unspecified atom stereocenters. The third-order valence-electron chi connectivity index (χ3n) is 3.56. The first-order valence-electron chi connectivity index (χ1n) is 7.01. The third kappa shape index (κ3) is 4.20. The van der Waals surface area contributed by atoms with E-state index in [0.29, 0.717) is 0 Å². The van der Waals surface area contributed by atoms with Crippen LogP contribution in [0.1, 0.15) is 34.6 Å². The van der Waals surface area contributed by atoms with E-state index < -0.39 is 33.8 Å². The van der Waals surface area contributed by atoms with E-state index in [1.165, 1.54) is 26.1 Å². The Balaban J connectivity index is 2.29. The van der Waals surface area contributed by atoms with Crippen LogP contribution in [-0.4, -0.2) is 24.1 Å². The Kier molecular flexibility index (Phi) is 4.96. The number of alkyl halides is 3. The molecule has 0 amide bonds. The molecule has 6 nitrogen and oxygen atoms in total. The maximum Gasteiger partial charge on any atom is 0.416 e. The van der Waals surface area contributed by atoms with Gasteiger partial charge in [0.2, 0.25) is 10.0 Å². The minimum Gasteiger partial charge on any atom is -0.477 e. The van der Waals surface area contributed by atoms with Gasteiger partial charge in [-0.25, -0.2) is 17.9 Å². The molecule has 0 saturated heterocycles. The molecular formula is C15H15F3N2O4S. The molecule has 0 aliphatic rings. The van der Waals surface area contributed by atoms with Crippen LogP contribution < -0.4 is 4.72 Å². The van der Waals surface area contributed by atoms with Crippen LogP contribution in [0.4, 0.5) is 13.2 Å². The second-order valence-corrected chi connectivity index (χ2v) is 7.16. The Labute approximate surface area is 141 Å². The number of aromatic nitrogens is 1. The summed E-state index contributed by atoms with van der Waals surface area (Å²) in [5.41, 5.74) is -0.983. The summed E-state index contributed by atoms with van der Waals surface area (Å²) < 4.78 is 66.3. The van der Waals surface area contributed by atoms with Gasteiger partial charge in [0.1, 0.15) is 10.6 Å². The van der Waals surface area contributed by atoms with E-state index in [-0.39, 0.29) is 16.2 Å². The standard InChI is InChI=1S/C15H15F3N2O4S/c1-9(10-4-3-5-11(6-10)15(16,17)18)19-25(23,24)12-7-13(14(21)22)20(2)8-12/h3-9,19H,1-2H3,(H,21,22). The van der Waals surface area contributed by atoms with Crippen molar-refractivity contribution < 1.29 is 31.5 Å². The van der Waals surface area contributed by atoms with Crippen LogP contribution in [0.2, 0.25) is 0 Å². The Bertz CT molecular complexity index is 904. The fraction of sp³-hybridized carbons (Fsp3) is 0.267. The summed E-state index contributed by atoms with van der Waals surface area (Å²) in [7, 11) is -2.73. The monoisotopic (exact) mass is 376 g/mol. The normalized spacial score (nSPS) is 13.6. The first-order chi connectivity index (χ1) is 11.4. The summed E-state index contributed by atoms with van der Waals surface area (Å²) in [6.45, 7) is 1.40. The van der Waals surface area contributed by atoms with Crippen LogP contribution in [0.3, 0.4) is 0 Å². The van der Waals surface area contributed by atoms with Gasteiger partial charge < -0.3 is 9.67 Å². The minimum absolute atomic E-state index is 0.132. The topological polar surface area (TPSA) is 88.4 Å². The van der Waals surface area contributed by atoms with E-state index in [1.807, 2.05) is 0 Å². The van der Waals surface area contributed by atoms with Gasteiger partial charge in [-0.15, -0.1) is 0 Å². The molecule has 136 valence electrons. The molecule has 1 heterocycles. The van der Waals surface area contributed by atoms with E-state index in [2.05, 4.69) is 4.72 Å². The van der Waals surface area contributed by atoms with E-state index in [1.54, 1.807) is 0 Å². The fourth-order valence-electron chi connectivity index (χ4n) is 2.25. The predicted molar refractivity (Wildman–Crippen MR) is 82.6 cm³/mol. The maximum atomic E-state index is 12.8. The zero-order valence-electron chi connectivity index (χ0n) is 13.2. The number of benzene rings is 1. The highest BCUT2D eigenvalue weighted by Crippen LogP contribution is 2.31. The van der Waals surface area contributed by atoms with Gasteiger partial charge in [0.15, 0.2) is 0 Å². The second-order valence-electron chi connectivity index (χ2n) is 5.44. The van der Waals surface area contributed by atoms with Gasteiger partial charge in [-0.3, -0.25) is 0 Å². The van der Waals surface area contributed by atoms with Gasteiger partial charge in [-0.2, -0.15) is 13.2 Å². The molecule has 1 atom stereocenters. The quantitative estimate of drug-likeness (QED) is 0.840. The molecule has 0 bridgehead atoms. The van der Waals surface area contributed by atoms with E-state index in [0.717, 1.165) is 29.0 Å². The summed E-state index contributed by atoms with van der Waals surface area (Å²) in [4.78, 5) is 10.7. The summed E-state index contributed by atoms with van der Waals surface area (Å²) in [5.74, 6) is -1.30. The smallest absolute Gasteiger partial charge is 0.416 e. The molecule has 10 heteroatoms. The van der Waals surface area contributed by atoms with Crippen molar-refractivity contribution in [3.05, 3.63) is 53.3 Å². The number of sulfonamides is 1.